The summed E-state index contributed by atoms with van der Waals surface area (Å²) in [6, 6.07) is 0.193. The zero-order chi connectivity index (χ0) is 13.3. The number of hydrogen-bond acceptors (Lipinski definition) is 2. The largest absolute Gasteiger partial charge is 0.339 e. The Bertz CT molecular complexity index is 348. The first kappa shape index (κ1) is 13.6. The Labute approximate surface area is 110 Å². The number of nitrogens with zero attached hydrogens (tertiary/aromatic N) is 1. The second-order valence-corrected chi connectivity index (χ2v) is 6.41. The average Bonchev–Trinajstić information content (AvgIpc) is 2.95. The van der Waals surface area contributed by atoms with E-state index in [4.69, 9.17) is 0 Å². The number of carbonyl (C=O) groups is 2. The lowest BCUT2D eigenvalue weighted by Gasteiger charge is -2.34. The van der Waals surface area contributed by atoms with Crippen LogP contribution in [0.5, 0.6) is 0 Å². The van der Waals surface area contributed by atoms with Crippen molar-refractivity contribution in [1.29, 1.82) is 0 Å². The molecule has 0 aromatic heterocycles. The number of likely N-dealkylation sites (tertiary alicyclic amines) is 1. The molecule has 1 aliphatic carbocycles. The molecular formula is C15H25NO2. The minimum Gasteiger partial charge on any atom is -0.339 e. The summed E-state index contributed by atoms with van der Waals surface area (Å²) in [6.07, 6.45) is 5.65. The van der Waals surface area contributed by atoms with Crippen molar-refractivity contribution in [2.24, 2.45) is 11.3 Å². The maximum Gasteiger partial charge on any atom is 0.228 e. The number of hydrogen-bond donors (Lipinski definition) is 0. The van der Waals surface area contributed by atoms with Crippen LogP contribution in [0.3, 0.4) is 0 Å². The summed E-state index contributed by atoms with van der Waals surface area (Å²) >= 11 is 0. The first-order valence-corrected chi connectivity index (χ1v) is 7.31. The Kier molecular flexibility index (Phi) is 3.79. The van der Waals surface area contributed by atoms with Gasteiger partial charge in [-0.2, -0.15) is 0 Å². The summed E-state index contributed by atoms with van der Waals surface area (Å²) in [5, 5.41) is 0. The highest BCUT2D eigenvalue weighted by atomic mass is 16.2. The molecule has 1 saturated heterocycles. The molecule has 1 saturated carbocycles. The molecule has 0 aromatic rings. The van der Waals surface area contributed by atoms with Crippen molar-refractivity contribution in [2.75, 3.05) is 6.54 Å². The van der Waals surface area contributed by atoms with E-state index < -0.39 is 0 Å². The van der Waals surface area contributed by atoms with Crippen molar-refractivity contribution in [2.45, 2.75) is 65.3 Å². The van der Waals surface area contributed by atoms with E-state index in [1.165, 1.54) is 0 Å². The summed E-state index contributed by atoms with van der Waals surface area (Å²) in [6.45, 7) is 6.93. The van der Waals surface area contributed by atoms with E-state index in [9.17, 15) is 9.59 Å². The lowest BCUT2D eigenvalue weighted by Crippen LogP contribution is -2.46. The van der Waals surface area contributed by atoms with Crippen LogP contribution in [0.2, 0.25) is 0 Å². The number of ketones is 1. The molecule has 2 unspecified atom stereocenters. The van der Waals surface area contributed by atoms with Crippen molar-refractivity contribution in [3.63, 3.8) is 0 Å². The Morgan fingerprint density at radius 2 is 2.06 bits per heavy atom. The highest BCUT2D eigenvalue weighted by molar-refractivity contribution is 5.86. The van der Waals surface area contributed by atoms with Gasteiger partial charge in [-0.1, -0.05) is 20.8 Å². The molecule has 2 rings (SSSR count). The van der Waals surface area contributed by atoms with Crippen LogP contribution in [0.4, 0.5) is 0 Å². The molecule has 0 aromatic carbocycles. The summed E-state index contributed by atoms with van der Waals surface area (Å²) < 4.78 is 0. The second kappa shape index (κ2) is 5.02. The van der Waals surface area contributed by atoms with Gasteiger partial charge in [0.05, 0.1) is 0 Å². The molecule has 102 valence electrons. The van der Waals surface area contributed by atoms with E-state index in [0.717, 1.165) is 45.1 Å². The molecule has 2 atom stereocenters. The maximum atomic E-state index is 12.6. The monoisotopic (exact) mass is 251 g/mol. The molecule has 3 nitrogen and oxygen atoms in total. The second-order valence-electron chi connectivity index (χ2n) is 6.41. The SMILES string of the molecule is CCC(C)(C)C(=O)N1CCCC1C1CCCC1=O. The van der Waals surface area contributed by atoms with Crippen LogP contribution in [0.25, 0.3) is 0 Å². The van der Waals surface area contributed by atoms with Crippen LogP contribution >= 0.6 is 0 Å². The van der Waals surface area contributed by atoms with E-state index >= 15 is 0 Å². The number of carbonyl (C=O) groups excluding carboxylic acids is 2. The van der Waals surface area contributed by atoms with Gasteiger partial charge in [0.2, 0.25) is 5.91 Å². The van der Waals surface area contributed by atoms with Gasteiger partial charge in [-0.15, -0.1) is 0 Å². The lowest BCUT2D eigenvalue weighted by atomic mass is 9.87. The van der Waals surface area contributed by atoms with Crippen LogP contribution in [0.1, 0.15) is 59.3 Å². The predicted octanol–water partition coefficient (Wildman–Crippen LogP) is 2.78. The first-order valence-electron chi connectivity index (χ1n) is 7.31. The fourth-order valence-corrected chi connectivity index (χ4v) is 3.25. The molecule has 0 spiro atoms. The Morgan fingerprint density at radius 3 is 2.61 bits per heavy atom. The van der Waals surface area contributed by atoms with Crippen molar-refractivity contribution in [1.82, 2.24) is 4.90 Å². The zero-order valence-electron chi connectivity index (χ0n) is 11.9. The highest BCUT2D eigenvalue weighted by Gasteiger charge is 2.43. The van der Waals surface area contributed by atoms with Gasteiger partial charge in [-0.25, -0.2) is 0 Å². The quantitative estimate of drug-likeness (QED) is 0.773. The van der Waals surface area contributed by atoms with Gasteiger partial charge >= 0.3 is 0 Å². The fourth-order valence-electron chi connectivity index (χ4n) is 3.25. The maximum absolute atomic E-state index is 12.6. The predicted molar refractivity (Wildman–Crippen MR) is 71.2 cm³/mol. The molecule has 0 N–H and O–H groups in total. The normalized spacial score (nSPS) is 29.1. The fraction of sp³-hybridized carbons (Fsp3) is 0.867. The summed E-state index contributed by atoms with van der Waals surface area (Å²) in [7, 11) is 0. The first-order chi connectivity index (χ1) is 8.47. The summed E-state index contributed by atoms with van der Waals surface area (Å²) in [5.41, 5.74) is -0.287. The molecular weight excluding hydrogens is 226 g/mol. The number of Topliss-reactive ketones (excluding diaryl/α,β-unsaturated/α-hetero) is 1. The van der Waals surface area contributed by atoms with Crippen molar-refractivity contribution < 1.29 is 9.59 Å². The number of amides is 1. The molecule has 1 amide bonds. The molecule has 18 heavy (non-hydrogen) atoms. The van der Waals surface area contributed by atoms with Gasteiger partial charge in [-0.05, 0) is 32.1 Å². The minimum atomic E-state index is -0.287. The third-order valence-corrected chi connectivity index (χ3v) is 4.84. The van der Waals surface area contributed by atoms with Gasteiger partial charge in [-0.3, -0.25) is 9.59 Å². The average molecular weight is 251 g/mol. The van der Waals surface area contributed by atoms with Crippen LogP contribution < -0.4 is 0 Å². The molecule has 1 heterocycles. The van der Waals surface area contributed by atoms with E-state index in [2.05, 4.69) is 6.92 Å². The highest BCUT2D eigenvalue weighted by Crippen LogP contribution is 2.36. The van der Waals surface area contributed by atoms with Crippen LogP contribution in [-0.2, 0) is 9.59 Å². The molecule has 2 aliphatic rings. The Hall–Kier alpha value is -0.860. The standard InChI is InChI=1S/C15H25NO2/c1-4-15(2,3)14(18)16-10-6-8-12(16)11-7-5-9-13(11)17/h11-12H,4-10H2,1-3H3. The molecule has 3 heteroatoms. The van der Waals surface area contributed by atoms with Crippen molar-refractivity contribution in [3.8, 4) is 0 Å². The molecule has 0 bridgehead atoms. The zero-order valence-corrected chi connectivity index (χ0v) is 11.9. The van der Waals surface area contributed by atoms with Crippen molar-refractivity contribution >= 4 is 11.7 Å². The van der Waals surface area contributed by atoms with Gasteiger partial charge in [0.25, 0.3) is 0 Å². The van der Waals surface area contributed by atoms with Crippen LogP contribution in [0.15, 0.2) is 0 Å². The van der Waals surface area contributed by atoms with E-state index in [1.54, 1.807) is 0 Å². The minimum absolute atomic E-state index is 0.129. The lowest BCUT2D eigenvalue weighted by molar-refractivity contribution is -0.143. The Balaban J connectivity index is 2.12. The van der Waals surface area contributed by atoms with Gasteiger partial charge in [0.1, 0.15) is 5.78 Å². The smallest absolute Gasteiger partial charge is 0.228 e. The van der Waals surface area contributed by atoms with Gasteiger partial charge in [0.15, 0.2) is 0 Å². The van der Waals surface area contributed by atoms with Gasteiger partial charge in [0, 0.05) is 30.3 Å². The summed E-state index contributed by atoms with van der Waals surface area (Å²) in [5.74, 6) is 0.755. The third kappa shape index (κ3) is 2.32. The summed E-state index contributed by atoms with van der Waals surface area (Å²) in [4.78, 5) is 26.5. The Morgan fingerprint density at radius 1 is 1.33 bits per heavy atom. The van der Waals surface area contributed by atoms with E-state index in [-0.39, 0.29) is 23.3 Å². The van der Waals surface area contributed by atoms with E-state index in [0.29, 0.717) is 5.78 Å². The van der Waals surface area contributed by atoms with Crippen LogP contribution in [-0.4, -0.2) is 29.2 Å². The van der Waals surface area contributed by atoms with Crippen molar-refractivity contribution in [3.05, 3.63) is 0 Å². The molecule has 1 aliphatic heterocycles. The third-order valence-electron chi connectivity index (χ3n) is 4.84. The number of rotatable bonds is 3. The molecule has 0 radical (unpaired) electrons. The molecule has 2 fully saturated rings. The van der Waals surface area contributed by atoms with E-state index in [1.807, 2.05) is 18.7 Å². The van der Waals surface area contributed by atoms with Gasteiger partial charge < -0.3 is 4.90 Å². The van der Waals surface area contributed by atoms with Crippen LogP contribution in [0, 0.1) is 11.3 Å². The topological polar surface area (TPSA) is 37.4 Å².